The maximum Gasteiger partial charge on any atom is 0.251 e. The summed E-state index contributed by atoms with van der Waals surface area (Å²) in [6, 6.07) is 3.52. The summed E-state index contributed by atoms with van der Waals surface area (Å²) in [5.41, 5.74) is 0. The molecule has 1 N–H and O–H groups in total. The van der Waals surface area contributed by atoms with Crippen LogP contribution < -0.4 is 4.74 Å². The SMILES string of the molecule is CN1C(=O)[C@@H](O)CC1COc1cccnc1. The molecule has 1 aromatic heterocycles. The number of aliphatic hydroxyl groups excluding tert-OH is 1. The van der Waals surface area contributed by atoms with Crippen LogP contribution in [0.1, 0.15) is 6.42 Å². The van der Waals surface area contributed by atoms with Crippen molar-refractivity contribution < 1.29 is 14.6 Å². The Morgan fingerprint density at radius 1 is 1.69 bits per heavy atom. The largest absolute Gasteiger partial charge is 0.490 e. The third kappa shape index (κ3) is 2.14. The molecule has 0 aliphatic carbocycles. The molecular weight excluding hydrogens is 208 g/mol. The summed E-state index contributed by atoms with van der Waals surface area (Å²) < 4.78 is 5.49. The Hall–Kier alpha value is -1.62. The number of likely N-dealkylation sites (N-methyl/N-ethyl adjacent to an activating group) is 1. The molecule has 1 unspecified atom stereocenters. The molecule has 1 aliphatic heterocycles. The van der Waals surface area contributed by atoms with Crippen molar-refractivity contribution in [3.05, 3.63) is 24.5 Å². The highest BCUT2D eigenvalue weighted by Gasteiger charge is 2.36. The second-order valence-electron chi connectivity index (χ2n) is 3.85. The fourth-order valence-corrected chi connectivity index (χ4v) is 1.74. The number of aromatic nitrogens is 1. The third-order valence-electron chi connectivity index (χ3n) is 2.75. The number of carbonyl (C=O) groups is 1. The van der Waals surface area contributed by atoms with E-state index in [1.807, 2.05) is 0 Å². The Kier molecular flexibility index (Phi) is 3.05. The lowest BCUT2D eigenvalue weighted by molar-refractivity contribution is -0.134. The van der Waals surface area contributed by atoms with Crippen molar-refractivity contribution in [3.63, 3.8) is 0 Å². The smallest absolute Gasteiger partial charge is 0.251 e. The lowest BCUT2D eigenvalue weighted by atomic mass is 10.2. The molecule has 0 spiro atoms. The highest BCUT2D eigenvalue weighted by Crippen LogP contribution is 2.18. The minimum atomic E-state index is -0.882. The van der Waals surface area contributed by atoms with Crippen LogP contribution in [0.2, 0.25) is 0 Å². The first kappa shape index (κ1) is 10.9. The number of rotatable bonds is 3. The predicted molar refractivity (Wildman–Crippen MR) is 56.9 cm³/mol. The van der Waals surface area contributed by atoms with Crippen LogP contribution in [0, 0.1) is 0 Å². The standard InChI is InChI=1S/C11H14N2O3/c1-13-8(5-10(14)11(13)15)7-16-9-3-2-4-12-6-9/h2-4,6,8,10,14H,5,7H2,1H3/t8?,10-/m0/s1. The molecule has 0 bridgehead atoms. The monoisotopic (exact) mass is 222 g/mol. The molecule has 1 aliphatic rings. The van der Waals surface area contributed by atoms with E-state index in [4.69, 9.17) is 4.74 Å². The van der Waals surface area contributed by atoms with Crippen molar-refractivity contribution in [1.29, 1.82) is 0 Å². The summed E-state index contributed by atoms with van der Waals surface area (Å²) in [5.74, 6) is 0.435. The lowest BCUT2D eigenvalue weighted by Crippen LogP contribution is -2.34. The molecule has 1 amide bonds. The van der Waals surface area contributed by atoms with E-state index in [2.05, 4.69) is 4.98 Å². The van der Waals surface area contributed by atoms with Crippen LogP contribution in [-0.2, 0) is 4.79 Å². The molecule has 1 aromatic rings. The van der Waals surface area contributed by atoms with Gasteiger partial charge in [0.15, 0.2) is 0 Å². The highest BCUT2D eigenvalue weighted by atomic mass is 16.5. The van der Waals surface area contributed by atoms with Crippen LogP contribution >= 0.6 is 0 Å². The van der Waals surface area contributed by atoms with Crippen molar-refractivity contribution in [1.82, 2.24) is 9.88 Å². The maximum atomic E-state index is 11.3. The lowest BCUT2D eigenvalue weighted by Gasteiger charge is -2.19. The first-order valence-electron chi connectivity index (χ1n) is 5.16. The van der Waals surface area contributed by atoms with Crippen LogP contribution in [-0.4, -0.2) is 46.7 Å². The second kappa shape index (κ2) is 4.49. The first-order valence-corrected chi connectivity index (χ1v) is 5.16. The van der Waals surface area contributed by atoms with E-state index in [1.54, 1.807) is 31.6 Å². The molecular formula is C11H14N2O3. The molecule has 0 saturated carbocycles. The van der Waals surface area contributed by atoms with Gasteiger partial charge in [-0.2, -0.15) is 0 Å². The number of amides is 1. The maximum absolute atomic E-state index is 11.3. The van der Waals surface area contributed by atoms with Gasteiger partial charge >= 0.3 is 0 Å². The molecule has 86 valence electrons. The average Bonchev–Trinajstić information content (AvgIpc) is 2.56. The van der Waals surface area contributed by atoms with Gasteiger partial charge in [-0.25, -0.2) is 0 Å². The zero-order valence-corrected chi connectivity index (χ0v) is 9.04. The van der Waals surface area contributed by atoms with Gasteiger partial charge in [-0.3, -0.25) is 9.78 Å². The Labute approximate surface area is 93.7 Å². The van der Waals surface area contributed by atoms with E-state index in [0.29, 0.717) is 18.8 Å². The molecule has 2 atom stereocenters. The van der Waals surface area contributed by atoms with Gasteiger partial charge in [0.05, 0.1) is 12.2 Å². The molecule has 2 heterocycles. The number of ether oxygens (including phenoxy) is 1. The number of pyridine rings is 1. The summed E-state index contributed by atoms with van der Waals surface area (Å²) in [6.45, 7) is 0.380. The van der Waals surface area contributed by atoms with Crippen LogP contribution in [0.15, 0.2) is 24.5 Å². The topological polar surface area (TPSA) is 62.7 Å². The molecule has 1 fully saturated rings. The minimum absolute atomic E-state index is 0.0669. The second-order valence-corrected chi connectivity index (χ2v) is 3.85. The highest BCUT2D eigenvalue weighted by molar-refractivity contribution is 5.83. The van der Waals surface area contributed by atoms with E-state index < -0.39 is 6.10 Å². The van der Waals surface area contributed by atoms with Gasteiger partial charge in [0.2, 0.25) is 0 Å². The number of hydrogen-bond donors (Lipinski definition) is 1. The van der Waals surface area contributed by atoms with E-state index in [1.165, 1.54) is 4.90 Å². The number of hydrogen-bond acceptors (Lipinski definition) is 4. The Morgan fingerprint density at radius 2 is 2.50 bits per heavy atom. The zero-order valence-electron chi connectivity index (χ0n) is 9.04. The normalized spacial score (nSPS) is 24.9. The minimum Gasteiger partial charge on any atom is -0.490 e. The van der Waals surface area contributed by atoms with Gasteiger partial charge in [0.1, 0.15) is 18.5 Å². The number of nitrogens with zero attached hydrogens (tertiary/aromatic N) is 2. The van der Waals surface area contributed by atoms with Crippen LogP contribution in [0.4, 0.5) is 0 Å². The average molecular weight is 222 g/mol. The van der Waals surface area contributed by atoms with Gasteiger partial charge in [-0.05, 0) is 12.1 Å². The number of likely N-dealkylation sites (tertiary alicyclic amines) is 1. The van der Waals surface area contributed by atoms with Crippen LogP contribution in [0.25, 0.3) is 0 Å². The van der Waals surface area contributed by atoms with Crippen molar-refractivity contribution in [2.75, 3.05) is 13.7 Å². The summed E-state index contributed by atoms with van der Waals surface area (Å²) in [5, 5.41) is 9.38. The van der Waals surface area contributed by atoms with Crippen molar-refractivity contribution in [2.24, 2.45) is 0 Å². The van der Waals surface area contributed by atoms with Gasteiger partial charge in [0.25, 0.3) is 5.91 Å². The quantitative estimate of drug-likeness (QED) is 0.785. The molecule has 0 radical (unpaired) electrons. The van der Waals surface area contributed by atoms with Crippen LogP contribution in [0.5, 0.6) is 5.75 Å². The fourth-order valence-electron chi connectivity index (χ4n) is 1.74. The fraction of sp³-hybridized carbons (Fsp3) is 0.455. The van der Waals surface area contributed by atoms with E-state index in [9.17, 15) is 9.90 Å². The van der Waals surface area contributed by atoms with Crippen molar-refractivity contribution >= 4 is 5.91 Å². The van der Waals surface area contributed by atoms with Gasteiger partial charge in [-0.1, -0.05) is 0 Å². The van der Waals surface area contributed by atoms with Crippen LogP contribution in [0.3, 0.4) is 0 Å². The van der Waals surface area contributed by atoms with E-state index in [0.717, 1.165) is 0 Å². The predicted octanol–water partition coefficient (Wildman–Crippen LogP) is 0.0520. The molecule has 2 rings (SSSR count). The Bertz CT molecular complexity index is 369. The summed E-state index contributed by atoms with van der Waals surface area (Å²) in [4.78, 5) is 16.8. The molecule has 1 saturated heterocycles. The van der Waals surface area contributed by atoms with Gasteiger partial charge in [0, 0.05) is 19.7 Å². The van der Waals surface area contributed by atoms with E-state index in [-0.39, 0.29) is 11.9 Å². The van der Waals surface area contributed by atoms with Crippen molar-refractivity contribution in [2.45, 2.75) is 18.6 Å². The summed E-state index contributed by atoms with van der Waals surface area (Å²) in [6.07, 6.45) is 2.83. The Morgan fingerprint density at radius 3 is 3.06 bits per heavy atom. The molecule has 16 heavy (non-hydrogen) atoms. The molecule has 5 nitrogen and oxygen atoms in total. The van der Waals surface area contributed by atoms with E-state index >= 15 is 0 Å². The van der Waals surface area contributed by atoms with Gasteiger partial charge < -0.3 is 14.7 Å². The number of aliphatic hydroxyl groups is 1. The number of carbonyl (C=O) groups excluding carboxylic acids is 1. The summed E-state index contributed by atoms with van der Waals surface area (Å²) in [7, 11) is 1.68. The molecule has 5 heteroatoms. The third-order valence-corrected chi connectivity index (χ3v) is 2.75. The van der Waals surface area contributed by atoms with Crippen molar-refractivity contribution in [3.8, 4) is 5.75 Å². The Balaban J connectivity index is 1.90. The van der Waals surface area contributed by atoms with Gasteiger partial charge in [-0.15, -0.1) is 0 Å². The summed E-state index contributed by atoms with van der Waals surface area (Å²) >= 11 is 0. The zero-order chi connectivity index (χ0) is 11.5. The molecule has 0 aromatic carbocycles. The first-order chi connectivity index (χ1) is 7.68.